The van der Waals surface area contributed by atoms with Gasteiger partial charge in [-0.1, -0.05) is 20.8 Å². The minimum atomic E-state index is -0.848. The molecular formula is C21H33FN4O2. The number of anilines is 3. The van der Waals surface area contributed by atoms with Gasteiger partial charge in [0.2, 0.25) is 5.91 Å². The minimum Gasteiger partial charge on any atom is -0.381 e. The van der Waals surface area contributed by atoms with Gasteiger partial charge in [-0.3, -0.25) is 4.79 Å². The first kappa shape index (κ1) is 20.8. The molecule has 0 radical (unpaired) electrons. The number of ether oxygens (including phenoxy) is 1. The van der Waals surface area contributed by atoms with Crippen LogP contribution in [0.3, 0.4) is 0 Å². The van der Waals surface area contributed by atoms with Crippen LogP contribution in [0.15, 0.2) is 12.1 Å². The van der Waals surface area contributed by atoms with E-state index in [2.05, 4.69) is 10.6 Å². The van der Waals surface area contributed by atoms with Crippen molar-refractivity contribution in [3.05, 3.63) is 12.1 Å². The number of hydrogen-bond acceptors (Lipinski definition) is 5. The molecule has 1 aromatic heterocycles. The van der Waals surface area contributed by atoms with E-state index < -0.39 is 6.17 Å². The summed E-state index contributed by atoms with van der Waals surface area (Å²) in [5.74, 6) is 1.94. The van der Waals surface area contributed by atoms with Crippen molar-refractivity contribution < 1.29 is 13.9 Å². The second-order valence-corrected chi connectivity index (χ2v) is 9.12. The molecule has 0 unspecified atom stereocenters. The van der Waals surface area contributed by atoms with Gasteiger partial charge in [-0.05, 0) is 42.7 Å². The second kappa shape index (κ2) is 9.07. The van der Waals surface area contributed by atoms with Gasteiger partial charge >= 0.3 is 0 Å². The third-order valence-corrected chi connectivity index (χ3v) is 5.18. The molecule has 156 valence electrons. The highest BCUT2D eigenvalue weighted by atomic mass is 19.1. The van der Waals surface area contributed by atoms with Crippen molar-refractivity contribution in [2.75, 3.05) is 48.4 Å². The quantitative estimate of drug-likeness (QED) is 0.770. The van der Waals surface area contributed by atoms with E-state index in [0.29, 0.717) is 43.4 Å². The van der Waals surface area contributed by atoms with Crippen LogP contribution in [0.1, 0.15) is 46.5 Å². The van der Waals surface area contributed by atoms with Crippen LogP contribution in [0.5, 0.6) is 0 Å². The molecule has 3 heterocycles. The Morgan fingerprint density at radius 2 is 2.04 bits per heavy atom. The van der Waals surface area contributed by atoms with Gasteiger partial charge in [-0.25, -0.2) is 9.37 Å². The highest BCUT2D eigenvalue weighted by molar-refractivity contribution is 5.94. The number of carbonyl (C=O) groups excluding carboxylic acids is 1. The fraction of sp³-hybridized carbons (Fsp3) is 0.714. The maximum atomic E-state index is 13.8. The summed E-state index contributed by atoms with van der Waals surface area (Å²) >= 11 is 0. The highest BCUT2D eigenvalue weighted by Crippen LogP contribution is 2.30. The predicted molar refractivity (Wildman–Crippen MR) is 111 cm³/mol. The number of alkyl halides is 1. The van der Waals surface area contributed by atoms with Crippen molar-refractivity contribution >= 4 is 23.2 Å². The lowest BCUT2D eigenvalue weighted by Gasteiger charge is -2.24. The van der Waals surface area contributed by atoms with Crippen LogP contribution in [-0.4, -0.2) is 49.9 Å². The summed E-state index contributed by atoms with van der Waals surface area (Å²) in [4.78, 5) is 19.1. The van der Waals surface area contributed by atoms with E-state index in [9.17, 15) is 9.18 Å². The molecule has 2 aliphatic heterocycles. The molecule has 1 aromatic rings. The van der Waals surface area contributed by atoms with E-state index in [-0.39, 0.29) is 11.3 Å². The van der Waals surface area contributed by atoms with E-state index >= 15 is 0 Å². The number of carbonyl (C=O) groups is 1. The molecule has 2 saturated heterocycles. The molecule has 7 heteroatoms. The van der Waals surface area contributed by atoms with Gasteiger partial charge in [0.05, 0.1) is 12.2 Å². The molecule has 0 aliphatic carbocycles. The van der Waals surface area contributed by atoms with E-state index in [0.717, 1.165) is 38.4 Å². The SMILES string of the molecule is CC(C)(C)CC(=O)Nc1ccc(NCC2CCOCC2)nc1N1CC[C@H](F)C1. The number of halogens is 1. The summed E-state index contributed by atoms with van der Waals surface area (Å²) in [5.41, 5.74) is 0.556. The molecule has 6 nitrogen and oxygen atoms in total. The Balaban J connectivity index is 1.72. The monoisotopic (exact) mass is 392 g/mol. The van der Waals surface area contributed by atoms with Crippen molar-refractivity contribution in [1.82, 2.24) is 4.98 Å². The fourth-order valence-electron chi connectivity index (χ4n) is 3.67. The molecule has 2 fully saturated rings. The Bertz CT molecular complexity index is 671. The summed E-state index contributed by atoms with van der Waals surface area (Å²) in [6.07, 6.45) is 2.17. The summed E-state index contributed by atoms with van der Waals surface area (Å²) in [7, 11) is 0. The minimum absolute atomic E-state index is 0.0468. The normalized spacial score (nSPS) is 21.0. The van der Waals surface area contributed by atoms with E-state index in [1.807, 2.05) is 37.8 Å². The molecule has 0 saturated carbocycles. The van der Waals surface area contributed by atoms with E-state index in [4.69, 9.17) is 9.72 Å². The van der Waals surface area contributed by atoms with Gasteiger partial charge in [0, 0.05) is 32.7 Å². The first-order valence-corrected chi connectivity index (χ1v) is 10.3. The van der Waals surface area contributed by atoms with Crippen LogP contribution in [0.2, 0.25) is 0 Å². The molecule has 1 atom stereocenters. The Hall–Kier alpha value is -1.89. The van der Waals surface area contributed by atoms with Gasteiger partial charge in [0.25, 0.3) is 0 Å². The second-order valence-electron chi connectivity index (χ2n) is 9.12. The largest absolute Gasteiger partial charge is 0.381 e. The smallest absolute Gasteiger partial charge is 0.224 e. The lowest BCUT2D eigenvalue weighted by atomic mass is 9.92. The van der Waals surface area contributed by atoms with Crippen LogP contribution in [0.4, 0.5) is 21.7 Å². The van der Waals surface area contributed by atoms with Gasteiger partial charge in [-0.15, -0.1) is 0 Å². The van der Waals surface area contributed by atoms with Gasteiger partial charge < -0.3 is 20.3 Å². The summed E-state index contributed by atoms with van der Waals surface area (Å²) in [6.45, 7) is 9.50. The third kappa shape index (κ3) is 6.06. The van der Waals surface area contributed by atoms with Crippen molar-refractivity contribution in [3.63, 3.8) is 0 Å². The summed E-state index contributed by atoms with van der Waals surface area (Å²) in [5, 5.41) is 6.39. The Morgan fingerprint density at radius 3 is 2.68 bits per heavy atom. The lowest BCUT2D eigenvalue weighted by molar-refractivity contribution is -0.117. The molecule has 3 rings (SSSR count). The van der Waals surface area contributed by atoms with Crippen molar-refractivity contribution in [1.29, 1.82) is 0 Å². The summed E-state index contributed by atoms with van der Waals surface area (Å²) < 4.78 is 19.2. The number of aromatic nitrogens is 1. The maximum Gasteiger partial charge on any atom is 0.224 e. The standard InChI is InChI=1S/C21H33FN4O2/c1-21(2,3)12-19(27)24-17-4-5-18(23-13-15-7-10-28-11-8-15)25-20(17)26-9-6-16(22)14-26/h4-5,15-16H,6-14H2,1-3H3,(H,23,25)(H,24,27)/t16-/m0/s1. The molecule has 0 aromatic carbocycles. The molecule has 0 spiro atoms. The molecule has 0 bridgehead atoms. The summed E-state index contributed by atoms with van der Waals surface area (Å²) in [6, 6.07) is 3.76. The fourth-order valence-corrected chi connectivity index (χ4v) is 3.67. The number of rotatable bonds is 6. The average Bonchev–Trinajstić information content (AvgIpc) is 3.06. The van der Waals surface area contributed by atoms with E-state index in [1.54, 1.807) is 0 Å². The zero-order valence-corrected chi connectivity index (χ0v) is 17.3. The number of amides is 1. The van der Waals surface area contributed by atoms with Crippen molar-refractivity contribution in [3.8, 4) is 0 Å². The molecule has 2 aliphatic rings. The number of pyridine rings is 1. The van der Waals surface area contributed by atoms with Crippen LogP contribution < -0.4 is 15.5 Å². The highest BCUT2D eigenvalue weighted by Gasteiger charge is 2.26. The van der Waals surface area contributed by atoms with E-state index in [1.165, 1.54) is 0 Å². The van der Waals surface area contributed by atoms with Gasteiger partial charge in [0.1, 0.15) is 12.0 Å². The predicted octanol–water partition coefficient (Wildman–Crippen LogP) is 3.84. The molecular weight excluding hydrogens is 359 g/mol. The zero-order valence-electron chi connectivity index (χ0n) is 17.3. The third-order valence-electron chi connectivity index (χ3n) is 5.18. The molecule has 2 N–H and O–H groups in total. The average molecular weight is 393 g/mol. The van der Waals surface area contributed by atoms with Crippen molar-refractivity contribution in [2.24, 2.45) is 11.3 Å². The molecule has 28 heavy (non-hydrogen) atoms. The van der Waals surface area contributed by atoms with Gasteiger partial charge in [0.15, 0.2) is 5.82 Å². The van der Waals surface area contributed by atoms with Crippen LogP contribution in [-0.2, 0) is 9.53 Å². The van der Waals surface area contributed by atoms with Crippen LogP contribution in [0, 0.1) is 11.3 Å². The Kier molecular flexibility index (Phi) is 6.75. The lowest BCUT2D eigenvalue weighted by Crippen LogP contribution is -2.26. The first-order valence-electron chi connectivity index (χ1n) is 10.3. The van der Waals surface area contributed by atoms with Gasteiger partial charge in [-0.2, -0.15) is 0 Å². The topological polar surface area (TPSA) is 66.5 Å². The molecule has 1 amide bonds. The van der Waals surface area contributed by atoms with Crippen molar-refractivity contribution in [2.45, 2.75) is 52.6 Å². The Morgan fingerprint density at radius 1 is 1.29 bits per heavy atom. The maximum absolute atomic E-state index is 13.8. The number of hydrogen-bond donors (Lipinski definition) is 2. The zero-order chi connectivity index (χ0) is 20.1. The number of nitrogens with zero attached hydrogens (tertiary/aromatic N) is 2. The van der Waals surface area contributed by atoms with Crippen LogP contribution >= 0.6 is 0 Å². The van der Waals surface area contributed by atoms with Crippen LogP contribution in [0.25, 0.3) is 0 Å². The number of nitrogens with one attached hydrogen (secondary N) is 2. The first-order chi connectivity index (χ1) is 13.3. The Labute approximate surface area is 167 Å².